The molecule has 2 aromatic rings. The Kier molecular flexibility index (Phi) is 2.95. The third kappa shape index (κ3) is 2.36. The van der Waals surface area contributed by atoms with Crippen LogP contribution in [0.4, 0.5) is 4.39 Å². The summed E-state index contributed by atoms with van der Waals surface area (Å²) in [5, 5.41) is 10.2. The molecule has 0 aromatic heterocycles. The third-order valence-electron chi connectivity index (χ3n) is 2.53. The van der Waals surface area contributed by atoms with Gasteiger partial charge in [-0.25, -0.2) is 4.39 Å². The van der Waals surface area contributed by atoms with Crippen molar-refractivity contribution in [3.8, 4) is 5.75 Å². The minimum Gasteiger partial charge on any atom is -0.494 e. The Labute approximate surface area is 97.4 Å². The summed E-state index contributed by atoms with van der Waals surface area (Å²) in [5.74, 6) is -1.16. The van der Waals surface area contributed by atoms with Crippen molar-refractivity contribution >= 4 is 16.7 Å². The van der Waals surface area contributed by atoms with Gasteiger partial charge in [0.25, 0.3) is 0 Å². The van der Waals surface area contributed by atoms with Crippen molar-refractivity contribution < 1.29 is 19.0 Å². The predicted octanol–water partition coefficient (Wildman–Crippen LogP) is 2.61. The molecule has 0 aliphatic heterocycles. The maximum atomic E-state index is 13.4. The highest BCUT2D eigenvalue weighted by atomic mass is 19.1. The molecule has 2 rings (SSSR count). The summed E-state index contributed by atoms with van der Waals surface area (Å²) < 4.78 is 18.3. The highest BCUT2D eigenvalue weighted by Crippen LogP contribution is 2.25. The van der Waals surface area contributed by atoms with Crippen LogP contribution in [0.25, 0.3) is 10.8 Å². The maximum absolute atomic E-state index is 13.4. The van der Waals surface area contributed by atoms with E-state index in [0.717, 1.165) is 10.8 Å². The number of aliphatic carboxylic acids is 1. The van der Waals surface area contributed by atoms with Gasteiger partial charge in [0.1, 0.15) is 0 Å². The van der Waals surface area contributed by atoms with Gasteiger partial charge in [0.2, 0.25) is 0 Å². The molecule has 17 heavy (non-hydrogen) atoms. The lowest BCUT2D eigenvalue weighted by Crippen LogP contribution is -1.99. The Morgan fingerprint density at radius 1 is 1.29 bits per heavy atom. The SMILES string of the molecule is COc1cc2cc(CC(=O)O)ccc2cc1F. The van der Waals surface area contributed by atoms with Gasteiger partial charge in [0.05, 0.1) is 13.5 Å². The van der Waals surface area contributed by atoms with E-state index < -0.39 is 11.8 Å². The monoisotopic (exact) mass is 234 g/mol. The van der Waals surface area contributed by atoms with Crippen LogP contribution in [0.2, 0.25) is 0 Å². The summed E-state index contributed by atoms with van der Waals surface area (Å²) in [5.41, 5.74) is 0.679. The number of hydrogen-bond acceptors (Lipinski definition) is 2. The molecular weight excluding hydrogens is 223 g/mol. The number of benzene rings is 2. The number of carboxylic acids is 1. The molecule has 88 valence electrons. The number of carboxylic acid groups (broad SMARTS) is 1. The Morgan fingerprint density at radius 2 is 2.06 bits per heavy atom. The number of ether oxygens (including phenoxy) is 1. The van der Waals surface area contributed by atoms with Crippen LogP contribution in [0, 0.1) is 5.82 Å². The molecule has 2 aromatic carbocycles. The van der Waals surface area contributed by atoms with Crippen LogP contribution < -0.4 is 4.74 Å². The van der Waals surface area contributed by atoms with Crippen LogP contribution in [-0.2, 0) is 11.2 Å². The molecule has 0 aliphatic carbocycles. The molecule has 1 N–H and O–H groups in total. The summed E-state index contributed by atoms with van der Waals surface area (Å²) in [6.45, 7) is 0. The van der Waals surface area contributed by atoms with Crippen molar-refractivity contribution in [2.75, 3.05) is 7.11 Å². The number of fused-ring (bicyclic) bond motifs is 1. The summed E-state index contributed by atoms with van der Waals surface area (Å²) in [6, 6.07) is 8.05. The number of carbonyl (C=O) groups is 1. The second kappa shape index (κ2) is 4.41. The summed E-state index contributed by atoms with van der Waals surface area (Å²) in [6.07, 6.45) is -0.0460. The summed E-state index contributed by atoms with van der Waals surface area (Å²) >= 11 is 0. The molecule has 0 fully saturated rings. The third-order valence-corrected chi connectivity index (χ3v) is 2.53. The topological polar surface area (TPSA) is 46.5 Å². The molecule has 0 radical (unpaired) electrons. The van der Waals surface area contributed by atoms with Crippen molar-refractivity contribution in [2.24, 2.45) is 0 Å². The van der Waals surface area contributed by atoms with E-state index in [9.17, 15) is 9.18 Å². The van der Waals surface area contributed by atoms with E-state index in [1.165, 1.54) is 13.2 Å². The minimum absolute atomic E-state index is 0.0460. The highest BCUT2D eigenvalue weighted by Gasteiger charge is 2.06. The van der Waals surface area contributed by atoms with Gasteiger partial charge in [-0.05, 0) is 28.5 Å². The lowest BCUT2D eigenvalue weighted by Gasteiger charge is -2.06. The van der Waals surface area contributed by atoms with Gasteiger partial charge in [-0.15, -0.1) is 0 Å². The van der Waals surface area contributed by atoms with E-state index in [0.29, 0.717) is 5.56 Å². The van der Waals surface area contributed by atoms with E-state index in [1.54, 1.807) is 24.3 Å². The van der Waals surface area contributed by atoms with Gasteiger partial charge >= 0.3 is 5.97 Å². The molecule has 0 spiro atoms. The lowest BCUT2D eigenvalue weighted by atomic mass is 10.0. The Balaban J connectivity index is 2.52. The van der Waals surface area contributed by atoms with Gasteiger partial charge in [0, 0.05) is 0 Å². The molecule has 0 unspecified atom stereocenters. The smallest absolute Gasteiger partial charge is 0.307 e. The normalized spacial score (nSPS) is 10.5. The Morgan fingerprint density at radius 3 is 2.71 bits per heavy atom. The molecule has 0 aliphatic rings. The van der Waals surface area contributed by atoms with Gasteiger partial charge in [-0.3, -0.25) is 4.79 Å². The Bertz CT molecular complexity index is 578. The maximum Gasteiger partial charge on any atom is 0.307 e. The molecule has 4 heteroatoms. The zero-order valence-corrected chi connectivity index (χ0v) is 9.24. The standard InChI is InChI=1S/C13H11FO3/c1-17-12-7-10-4-8(5-13(15)16)2-3-9(10)6-11(12)14/h2-4,6-7H,5H2,1H3,(H,15,16). The molecule has 0 heterocycles. The van der Waals surface area contributed by atoms with Gasteiger partial charge in [0.15, 0.2) is 11.6 Å². The second-order valence-corrected chi connectivity index (χ2v) is 3.74. The van der Waals surface area contributed by atoms with Crippen molar-refractivity contribution in [3.05, 3.63) is 41.7 Å². The highest BCUT2D eigenvalue weighted by molar-refractivity contribution is 5.85. The van der Waals surface area contributed by atoms with E-state index in [4.69, 9.17) is 9.84 Å². The minimum atomic E-state index is -0.890. The first-order chi connectivity index (χ1) is 8.10. The Hall–Kier alpha value is -2.10. The van der Waals surface area contributed by atoms with Crippen LogP contribution in [-0.4, -0.2) is 18.2 Å². The van der Waals surface area contributed by atoms with E-state index in [2.05, 4.69) is 0 Å². The van der Waals surface area contributed by atoms with Crippen molar-refractivity contribution in [3.63, 3.8) is 0 Å². The first kappa shape index (κ1) is 11.4. The number of rotatable bonds is 3. The van der Waals surface area contributed by atoms with E-state index in [-0.39, 0.29) is 12.2 Å². The van der Waals surface area contributed by atoms with Crippen LogP contribution in [0.1, 0.15) is 5.56 Å². The predicted molar refractivity (Wildman–Crippen MR) is 61.8 cm³/mol. The van der Waals surface area contributed by atoms with Crippen LogP contribution in [0.3, 0.4) is 0 Å². The zero-order valence-electron chi connectivity index (χ0n) is 9.24. The second-order valence-electron chi connectivity index (χ2n) is 3.74. The van der Waals surface area contributed by atoms with Gasteiger partial charge in [-0.2, -0.15) is 0 Å². The van der Waals surface area contributed by atoms with Crippen molar-refractivity contribution in [2.45, 2.75) is 6.42 Å². The molecule has 0 bridgehead atoms. The van der Waals surface area contributed by atoms with Gasteiger partial charge in [-0.1, -0.05) is 18.2 Å². The molecule has 3 nitrogen and oxygen atoms in total. The molecule has 0 atom stereocenters. The zero-order chi connectivity index (χ0) is 12.4. The van der Waals surface area contributed by atoms with Crippen LogP contribution >= 0.6 is 0 Å². The lowest BCUT2D eigenvalue weighted by molar-refractivity contribution is -0.136. The van der Waals surface area contributed by atoms with Crippen molar-refractivity contribution in [1.82, 2.24) is 0 Å². The molecular formula is C13H11FO3. The molecule has 0 amide bonds. The van der Waals surface area contributed by atoms with Crippen LogP contribution in [0.15, 0.2) is 30.3 Å². The number of methoxy groups -OCH3 is 1. The summed E-state index contributed by atoms with van der Waals surface area (Å²) in [4.78, 5) is 10.6. The van der Waals surface area contributed by atoms with Gasteiger partial charge < -0.3 is 9.84 Å². The van der Waals surface area contributed by atoms with E-state index in [1.807, 2.05) is 0 Å². The molecule has 0 saturated carbocycles. The first-order valence-corrected chi connectivity index (χ1v) is 5.08. The fourth-order valence-electron chi connectivity index (χ4n) is 1.74. The summed E-state index contributed by atoms with van der Waals surface area (Å²) in [7, 11) is 1.39. The largest absolute Gasteiger partial charge is 0.494 e. The van der Waals surface area contributed by atoms with Crippen molar-refractivity contribution in [1.29, 1.82) is 0 Å². The average molecular weight is 234 g/mol. The quantitative estimate of drug-likeness (QED) is 0.887. The number of halogens is 1. The first-order valence-electron chi connectivity index (χ1n) is 5.08. The van der Waals surface area contributed by atoms with Crippen LogP contribution in [0.5, 0.6) is 5.75 Å². The fraction of sp³-hybridized carbons (Fsp3) is 0.154. The molecule has 0 saturated heterocycles. The number of hydrogen-bond donors (Lipinski definition) is 1. The average Bonchev–Trinajstić information content (AvgIpc) is 2.28. The fourth-order valence-corrected chi connectivity index (χ4v) is 1.74. The van der Waals surface area contributed by atoms with E-state index >= 15 is 0 Å².